The number of aryl methyl sites for hydroxylation is 1. The standard InChI is InChI=1S/C24H27ClN4O2/c1-16-21(13-18-12-19(25)6-7-22(18)28-16)24(31)27-15-17-5-8-23(26-14-17)29-10-3-2-4-20(29)9-11-30/h5-8,12-14,20,30H,2-4,9-11,15H2,1H3,(H,27,31)/t20-/m0/s1. The lowest BCUT2D eigenvalue weighted by Gasteiger charge is -2.36. The Labute approximate surface area is 187 Å². The average molecular weight is 439 g/mol. The third-order valence-electron chi connectivity index (χ3n) is 5.86. The van der Waals surface area contributed by atoms with Gasteiger partial charge in [-0.15, -0.1) is 0 Å². The van der Waals surface area contributed by atoms with Crippen LogP contribution in [0.1, 0.15) is 47.3 Å². The Bertz CT molecular complexity index is 1070. The van der Waals surface area contributed by atoms with Crippen LogP contribution in [-0.4, -0.2) is 40.2 Å². The molecule has 0 spiro atoms. The molecule has 1 amide bonds. The van der Waals surface area contributed by atoms with Gasteiger partial charge in [-0.1, -0.05) is 17.7 Å². The highest BCUT2D eigenvalue weighted by atomic mass is 35.5. The number of hydrogen-bond acceptors (Lipinski definition) is 5. The minimum atomic E-state index is -0.171. The van der Waals surface area contributed by atoms with Gasteiger partial charge in [-0.3, -0.25) is 9.78 Å². The zero-order valence-corrected chi connectivity index (χ0v) is 18.4. The lowest BCUT2D eigenvalue weighted by molar-refractivity contribution is 0.0950. The van der Waals surface area contributed by atoms with E-state index in [4.69, 9.17) is 11.6 Å². The molecule has 6 nitrogen and oxygen atoms in total. The fourth-order valence-corrected chi connectivity index (χ4v) is 4.37. The van der Waals surface area contributed by atoms with Crippen LogP contribution in [-0.2, 0) is 6.54 Å². The summed E-state index contributed by atoms with van der Waals surface area (Å²) < 4.78 is 0. The van der Waals surface area contributed by atoms with Gasteiger partial charge in [0.15, 0.2) is 0 Å². The molecule has 7 heteroatoms. The van der Waals surface area contributed by atoms with Gasteiger partial charge in [0.1, 0.15) is 5.82 Å². The van der Waals surface area contributed by atoms with Crippen LogP contribution in [0.15, 0.2) is 42.6 Å². The first-order chi connectivity index (χ1) is 15.0. The predicted octanol–water partition coefficient (Wildman–Crippen LogP) is 4.26. The number of piperidine rings is 1. The molecule has 162 valence electrons. The maximum Gasteiger partial charge on any atom is 0.253 e. The molecule has 0 radical (unpaired) electrons. The first-order valence-corrected chi connectivity index (χ1v) is 11.1. The first kappa shape index (κ1) is 21.5. The number of fused-ring (bicyclic) bond motifs is 1. The average Bonchev–Trinajstić information content (AvgIpc) is 2.78. The van der Waals surface area contributed by atoms with E-state index in [2.05, 4.69) is 20.2 Å². The van der Waals surface area contributed by atoms with E-state index in [0.29, 0.717) is 28.9 Å². The highest BCUT2D eigenvalue weighted by Crippen LogP contribution is 2.25. The number of pyridine rings is 2. The first-order valence-electron chi connectivity index (χ1n) is 10.7. The number of amides is 1. The summed E-state index contributed by atoms with van der Waals surface area (Å²) in [5, 5.41) is 13.8. The molecule has 1 aliphatic rings. The minimum absolute atomic E-state index is 0.171. The molecule has 1 atom stereocenters. The van der Waals surface area contributed by atoms with Crippen molar-refractivity contribution in [3.63, 3.8) is 0 Å². The number of aliphatic hydroxyl groups excluding tert-OH is 1. The molecular formula is C24H27ClN4O2. The zero-order valence-electron chi connectivity index (χ0n) is 17.6. The largest absolute Gasteiger partial charge is 0.396 e. The second kappa shape index (κ2) is 9.62. The Balaban J connectivity index is 1.43. The van der Waals surface area contributed by atoms with Crippen LogP contribution in [0, 0.1) is 6.92 Å². The Hall–Kier alpha value is -2.70. The summed E-state index contributed by atoms with van der Waals surface area (Å²) in [4.78, 5) is 24.2. The van der Waals surface area contributed by atoms with Crippen LogP contribution in [0.3, 0.4) is 0 Å². The molecule has 1 saturated heterocycles. The van der Waals surface area contributed by atoms with E-state index in [1.807, 2.05) is 43.5 Å². The number of carbonyl (C=O) groups is 1. The summed E-state index contributed by atoms with van der Waals surface area (Å²) in [6, 6.07) is 11.6. The van der Waals surface area contributed by atoms with Gasteiger partial charge in [-0.05, 0) is 68.5 Å². The quantitative estimate of drug-likeness (QED) is 0.601. The maximum absolute atomic E-state index is 12.8. The van der Waals surface area contributed by atoms with Crippen LogP contribution in [0.5, 0.6) is 0 Å². The fourth-order valence-electron chi connectivity index (χ4n) is 4.19. The molecule has 1 aliphatic heterocycles. The Morgan fingerprint density at radius 1 is 1.26 bits per heavy atom. The number of hydrogen-bond donors (Lipinski definition) is 2. The van der Waals surface area contributed by atoms with Crippen molar-refractivity contribution in [2.24, 2.45) is 0 Å². The van der Waals surface area contributed by atoms with Crippen molar-refractivity contribution in [3.8, 4) is 0 Å². The summed E-state index contributed by atoms with van der Waals surface area (Å²) in [6.45, 7) is 3.38. The topological polar surface area (TPSA) is 78.4 Å². The third-order valence-corrected chi connectivity index (χ3v) is 6.09. The van der Waals surface area contributed by atoms with E-state index in [1.165, 1.54) is 6.42 Å². The molecule has 3 heterocycles. The highest BCUT2D eigenvalue weighted by Gasteiger charge is 2.23. The smallest absolute Gasteiger partial charge is 0.253 e. The number of carbonyl (C=O) groups excluding carboxylic acids is 1. The van der Waals surface area contributed by atoms with Crippen LogP contribution in [0.4, 0.5) is 5.82 Å². The number of anilines is 1. The van der Waals surface area contributed by atoms with Crippen molar-refractivity contribution in [3.05, 3.63) is 64.4 Å². The van der Waals surface area contributed by atoms with Crippen molar-refractivity contribution in [2.45, 2.75) is 45.2 Å². The van der Waals surface area contributed by atoms with Gasteiger partial charge in [-0.2, -0.15) is 0 Å². The number of nitrogens with one attached hydrogen (secondary N) is 1. The van der Waals surface area contributed by atoms with Crippen molar-refractivity contribution in [2.75, 3.05) is 18.1 Å². The predicted molar refractivity (Wildman–Crippen MR) is 124 cm³/mol. The zero-order chi connectivity index (χ0) is 21.8. The third kappa shape index (κ3) is 4.97. The molecule has 3 aromatic rings. The molecule has 1 fully saturated rings. The lowest BCUT2D eigenvalue weighted by Crippen LogP contribution is -2.40. The second-order valence-corrected chi connectivity index (χ2v) is 8.46. The molecular weight excluding hydrogens is 412 g/mol. The summed E-state index contributed by atoms with van der Waals surface area (Å²) in [5.74, 6) is 0.759. The number of halogens is 1. The van der Waals surface area contributed by atoms with E-state index < -0.39 is 0 Å². The SMILES string of the molecule is Cc1nc2ccc(Cl)cc2cc1C(=O)NCc1ccc(N2CCCC[C@H]2CCO)nc1. The molecule has 0 aliphatic carbocycles. The van der Waals surface area contributed by atoms with Gasteiger partial charge in [0.05, 0.1) is 16.8 Å². The highest BCUT2D eigenvalue weighted by molar-refractivity contribution is 6.31. The van der Waals surface area contributed by atoms with Gasteiger partial charge in [0.25, 0.3) is 5.91 Å². The molecule has 0 saturated carbocycles. The Morgan fingerprint density at radius 3 is 2.90 bits per heavy atom. The van der Waals surface area contributed by atoms with E-state index in [0.717, 1.165) is 48.1 Å². The normalized spacial score (nSPS) is 16.5. The monoisotopic (exact) mass is 438 g/mol. The molecule has 4 rings (SSSR count). The number of rotatable bonds is 6. The summed E-state index contributed by atoms with van der Waals surface area (Å²) in [7, 11) is 0. The Morgan fingerprint density at radius 2 is 2.13 bits per heavy atom. The number of benzene rings is 1. The van der Waals surface area contributed by atoms with Crippen molar-refractivity contribution in [1.29, 1.82) is 0 Å². The van der Waals surface area contributed by atoms with Gasteiger partial charge in [0, 0.05) is 42.3 Å². The molecule has 0 unspecified atom stereocenters. The molecule has 2 N–H and O–H groups in total. The number of aromatic nitrogens is 2. The lowest BCUT2D eigenvalue weighted by atomic mass is 9.99. The molecule has 0 bridgehead atoms. The van der Waals surface area contributed by atoms with Gasteiger partial charge < -0.3 is 15.3 Å². The number of nitrogens with zero attached hydrogens (tertiary/aromatic N) is 3. The molecule has 1 aromatic carbocycles. The minimum Gasteiger partial charge on any atom is -0.396 e. The van der Waals surface area contributed by atoms with Crippen LogP contribution in [0.25, 0.3) is 10.9 Å². The van der Waals surface area contributed by atoms with Gasteiger partial charge in [0.2, 0.25) is 0 Å². The van der Waals surface area contributed by atoms with E-state index >= 15 is 0 Å². The summed E-state index contributed by atoms with van der Waals surface area (Å²) >= 11 is 6.08. The second-order valence-electron chi connectivity index (χ2n) is 8.02. The van der Waals surface area contributed by atoms with Crippen LogP contribution >= 0.6 is 11.6 Å². The Kier molecular flexibility index (Phi) is 6.68. The van der Waals surface area contributed by atoms with Crippen molar-refractivity contribution < 1.29 is 9.90 Å². The van der Waals surface area contributed by atoms with Crippen LogP contribution in [0.2, 0.25) is 5.02 Å². The number of aliphatic hydroxyl groups is 1. The van der Waals surface area contributed by atoms with E-state index in [9.17, 15) is 9.90 Å². The fraction of sp³-hybridized carbons (Fsp3) is 0.375. The summed E-state index contributed by atoms with van der Waals surface area (Å²) in [5.41, 5.74) is 2.97. The van der Waals surface area contributed by atoms with Crippen molar-refractivity contribution >= 4 is 34.2 Å². The molecule has 2 aromatic heterocycles. The summed E-state index contributed by atoms with van der Waals surface area (Å²) in [6.07, 6.45) is 6.01. The van der Waals surface area contributed by atoms with E-state index in [-0.39, 0.29) is 12.5 Å². The van der Waals surface area contributed by atoms with Gasteiger partial charge >= 0.3 is 0 Å². The molecule has 31 heavy (non-hydrogen) atoms. The maximum atomic E-state index is 12.8. The van der Waals surface area contributed by atoms with E-state index in [1.54, 1.807) is 6.07 Å². The van der Waals surface area contributed by atoms with Crippen molar-refractivity contribution in [1.82, 2.24) is 15.3 Å². The van der Waals surface area contributed by atoms with Gasteiger partial charge in [-0.25, -0.2) is 4.98 Å². The van der Waals surface area contributed by atoms with Crippen LogP contribution < -0.4 is 10.2 Å².